The first-order chi connectivity index (χ1) is 5.97. The lowest BCUT2D eigenvalue weighted by atomic mass is 10.2. The standard InChI is InChI=1S/C7H8O6/c1-2-6(11)13-7(12)4(8)3-5(9)10/h2,4,8H,1,3H2,(H,9,10). The summed E-state index contributed by atoms with van der Waals surface area (Å²) in [6.45, 7) is 3.01. The summed E-state index contributed by atoms with van der Waals surface area (Å²) >= 11 is 0. The van der Waals surface area contributed by atoms with Crippen LogP contribution in [-0.4, -0.2) is 34.2 Å². The molecule has 0 saturated heterocycles. The maximum absolute atomic E-state index is 10.6. The van der Waals surface area contributed by atoms with Gasteiger partial charge in [0.2, 0.25) is 0 Å². The molecule has 2 N–H and O–H groups in total. The molecule has 0 aliphatic heterocycles. The Morgan fingerprint density at radius 3 is 2.38 bits per heavy atom. The summed E-state index contributed by atoms with van der Waals surface area (Å²) in [5.41, 5.74) is 0. The number of rotatable bonds is 4. The smallest absolute Gasteiger partial charge is 0.343 e. The van der Waals surface area contributed by atoms with Crippen LogP contribution in [0.1, 0.15) is 6.42 Å². The summed E-state index contributed by atoms with van der Waals surface area (Å²) in [5.74, 6) is -3.70. The van der Waals surface area contributed by atoms with Crippen LogP contribution in [0.3, 0.4) is 0 Å². The van der Waals surface area contributed by atoms with Gasteiger partial charge in [-0.05, 0) is 0 Å². The number of aliphatic carboxylic acids is 1. The number of carboxylic acids is 1. The number of carbonyl (C=O) groups is 3. The molecule has 0 aromatic rings. The van der Waals surface area contributed by atoms with Crippen LogP contribution in [0.2, 0.25) is 0 Å². The number of hydrogen-bond donors (Lipinski definition) is 2. The molecule has 13 heavy (non-hydrogen) atoms. The van der Waals surface area contributed by atoms with Crippen molar-refractivity contribution in [1.29, 1.82) is 0 Å². The van der Waals surface area contributed by atoms with Crippen molar-refractivity contribution in [2.75, 3.05) is 0 Å². The second-order valence-electron chi connectivity index (χ2n) is 2.06. The Labute approximate surface area is 73.4 Å². The van der Waals surface area contributed by atoms with Gasteiger partial charge in [-0.2, -0.15) is 0 Å². The van der Waals surface area contributed by atoms with E-state index in [1.165, 1.54) is 0 Å². The van der Waals surface area contributed by atoms with Crippen LogP contribution in [0, 0.1) is 0 Å². The van der Waals surface area contributed by atoms with E-state index in [0.717, 1.165) is 6.08 Å². The molecule has 0 aliphatic rings. The number of esters is 2. The first kappa shape index (κ1) is 11.3. The third-order valence-electron chi connectivity index (χ3n) is 1.01. The molecule has 1 unspecified atom stereocenters. The van der Waals surface area contributed by atoms with Crippen molar-refractivity contribution in [2.24, 2.45) is 0 Å². The van der Waals surface area contributed by atoms with Crippen molar-refractivity contribution in [3.63, 3.8) is 0 Å². The van der Waals surface area contributed by atoms with Gasteiger partial charge in [-0.25, -0.2) is 9.59 Å². The lowest BCUT2D eigenvalue weighted by Gasteiger charge is -2.04. The van der Waals surface area contributed by atoms with Crippen molar-refractivity contribution >= 4 is 17.9 Å². The summed E-state index contributed by atoms with van der Waals surface area (Å²) < 4.78 is 3.95. The highest BCUT2D eigenvalue weighted by atomic mass is 16.6. The largest absolute Gasteiger partial charge is 0.481 e. The first-order valence-electron chi connectivity index (χ1n) is 3.25. The zero-order valence-electron chi connectivity index (χ0n) is 6.60. The molecule has 0 aromatic heterocycles. The SMILES string of the molecule is C=CC(=O)OC(=O)C(O)CC(=O)O. The predicted octanol–water partition coefficient (Wildman–Crippen LogP) is -0.922. The van der Waals surface area contributed by atoms with Gasteiger partial charge in [0.15, 0.2) is 6.10 Å². The molecule has 6 nitrogen and oxygen atoms in total. The van der Waals surface area contributed by atoms with Gasteiger partial charge in [-0.15, -0.1) is 0 Å². The molecule has 0 bridgehead atoms. The number of carboxylic acid groups (broad SMARTS) is 1. The van der Waals surface area contributed by atoms with Gasteiger partial charge in [0.05, 0.1) is 6.42 Å². The molecule has 0 spiro atoms. The van der Waals surface area contributed by atoms with Gasteiger partial charge in [0.25, 0.3) is 0 Å². The molecule has 0 rings (SSSR count). The quantitative estimate of drug-likeness (QED) is 0.336. The Bertz CT molecular complexity index is 243. The highest BCUT2D eigenvalue weighted by Crippen LogP contribution is 1.95. The Morgan fingerprint density at radius 2 is 2.00 bits per heavy atom. The van der Waals surface area contributed by atoms with Crippen LogP contribution < -0.4 is 0 Å². The molecule has 1 atom stereocenters. The van der Waals surface area contributed by atoms with Crippen LogP contribution in [0.5, 0.6) is 0 Å². The van der Waals surface area contributed by atoms with Gasteiger partial charge >= 0.3 is 17.9 Å². The van der Waals surface area contributed by atoms with E-state index in [0.29, 0.717) is 0 Å². The summed E-state index contributed by atoms with van der Waals surface area (Å²) in [4.78, 5) is 31.0. The van der Waals surface area contributed by atoms with Gasteiger partial charge in [0.1, 0.15) is 0 Å². The normalized spacial score (nSPS) is 11.5. The highest BCUT2D eigenvalue weighted by Gasteiger charge is 2.21. The van der Waals surface area contributed by atoms with Gasteiger partial charge in [-0.1, -0.05) is 6.58 Å². The molecule has 0 aromatic carbocycles. The fourth-order valence-electron chi connectivity index (χ4n) is 0.458. The zero-order chi connectivity index (χ0) is 10.4. The summed E-state index contributed by atoms with van der Waals surface area (Å²) in [6.07, 6.45) is -1.91. The van der Waals surface area contributed by atoms with E-state index in [-0.39, 0.29) is 0 Å². The van der Waals surface area contributed by atoms with E-state index in [1.807, 2.05) is 0 Å². The lowest BCUT2D eigenvalue weighted by molar-refractivity contribution is -0.165. The third-order valence-corrected chi connectivity index (χ3v) is 1.01. The molecule has 0 aliphatic carbocycles. The van der Waals surface area contributed by atoms with Gasteiger partial charge < -0.3 is 14.9 Å². The van der Waals surface area contributed by atoms with Crippen molar-refractivity contribution in [1.82, 2.24) is 0 Å². The minimum Gasteiger partial charge on any atom is -0.481 e. The predicted molar refractivity (Wildman–Crippen MR) is 39.6 cm³/mol. The maximum atomic E-state index is 10.6. The Balaban J connectivity index is 4.03. The number of aliphatic hydroxyl groups is 1. The topological polar surface area (TPSA) is 101 Å². The fraction of sp³-hybridized carbons (Fsp3) is 0.286. The summed E-state index contributed by atoms with van der Waals surface area (Å²) in [6, 6.07) is 0. The molecule has 0 fully saturated rings. The van der Waals surface area contributed by atoms with E-state index < -0.39 is 30.4 Å². The minimum atomic E-state index is -1.83. The summed E-state index contributed by atoms with van der Waals surface area (Å²) in [5, 5.41) is 16.9. The minimum absolute atomic E-state index is 0.728. The molecule has 0 saturated carbocycles. The van der Waals surface area contributed by atoms with Crippen molar-refractivity contribution in [3.05, 3.63) is 12.7 Å². The number of ether oxygens (including phenoxy) is 1. The van der Waals surface area contributed by atoms with Crippen LogP contribution in [0.25, 0.3) is 0 Å². The number of aliphatic hydroxyl groups excluding tert-OH is 1. The second kappa shape index (κ2) is 5.04. The van der Waals surface area contributed by atoms with Gasteiger partial charge in [-0.3, -0.25) is 4.79 Å². The van der Waals surface area contributed by atoms with Crippen LogP contribution >= 0.6 is 0 Å². The Kier molecular flexibility index (Phi) is 4.39. The Morgan fingerprint density at radius 1 is 1.46 bits per heavy atom. The van der Waals surface area contributed by atoms with Crippen molar-refractivity contribution in [2.45, 2.75) is 12.5 Å². The van der Waals surface area contributed by atoms with Crippen molar-refractivity contribution < 1.29 is 29.3 Å². The highest BCUT2D eigenvalue weighted by molar-refractivity contribution is 5.94. The van der Waals surface area contributed by atoms with E-state index >= 15 is 0 Å². The van der Waals surface area contributed by atoms with E-state index in [1.54, 1.807) is 0 Å². The third kappa shape index (κ3) is 4.70. The van der Waals surface area contributed by atoms with Crippen LogP contribution in [0.4, 0.5) is 0 Å². The van der Waals surface area contributed by atoms with Crippen LogP contribution in [-0.2, 0) is 19.1 Å². The molecular formula is C7H8O6. The van der Waals surface area contributed by atoms with E-state index in [4.69, 9.17) is 10.2 Å². The average Bonchev–Trinajstić information content (AvgIpc) is 2.02. The van der Waals surface area contributed by atoms with Gasteiger partial charge in [0, 0.05) is 6.08 Å². The first-order valence-corrected chi connectivity index (χ1v) is 3.25. The monoisotopic (exact) mass is 188 g/mol. The molecule has 0 radical (unpaired) electrons. The Hall–Kier alpha value is -1.69. The average molecular weight is 188 g/mol. The van der Waals surface area contributed by atoms with E-state index in [9.17, 15) is 14.4 Å². The second-order valence-corrected chi connectivity index (χ2v) is 2.06. The fourth-order valence-corrected chi connectivity index (χ4v) is 0.458. The number of hydrogen-bond acceptors (Lipinski definition) is 5. The summed E-state index contributed by atoms with van der Waals surface area (Å²) in [7, 11) is 0. The molecular weight excluding hydrogens is 180 g/mol. The molecule has 6 heteroatoms. The van der Waals surface area contributed by atoms with Crippen LogP contribution in [0.15, 0.2) is 12.7 Å². The molecule has 0 amide bonds. The number of carbonyl (C=O) groups excluding carboxylic acids is 2. The van der Waals surface area contributed by atoms with E-state index in [2.05, 4.69) is 11.3 Å². The lowest BCUT2D eigenvalue weighted by Crippen LogP contribution is -2.27. The molecule has 72 valence electrons. The zero-order valence-corrected chi connectivity index (χ0v) is 6.60. The maximum Gasteiger partial charge on any atom is 0.343 e. The van der Waals surface area contributed by atoms with Crippen molar-refractivity contribution in [3.8, 4) is 0 Å². The molecule has 0 heterocycles.